The van der Waals surface area contributed by atoms with Crippen molar-refractivity contribution in [3.63, 3.8) is 0 Å². The monoisotopic (exact) mass is 334 g/mol. The molecule has 1 aliphatic rings. The average Bonchev–Trinajstić information content (AvgIpc) is 2.59. The van der Waals surface area contributed by atoms with E-state index < -0.39 is 0 Å². The van der Waals surface area contributed by atoms with Crippen molar-refractivity contribution in [1.29, 1.82) is 0 Å². The van der Waals surface area contributed by atoms with E-state index in [0.29, 0.717) is 25.3 Å². The van der Waals surface area contributed by atoms with Gasteiger partial charge in [-0.05, 0) is 38.2 Å². The van der Waals surface area contributed by atoms with E-state index in [1.807, 2.05) is 14.0 Å². The standard InChI is InChI=1S/C18H26N2O4/c1-3-23-15-6-4-14(5-7-15)17(21)8-9-18(22)19-12-16-13-20(2)10-11-24-16/h4-7,16H,3,8-13H2,1-2H3,(H,19,22)/t16-/m0/s1. The molecule has 2 rings (SSSR count). The number of hydrogen-bond acceptors (Lipinski definition) is 5. The number of morpholine rings is 1. The number of likely N-dealkylation sites (N-methyl/N-ethyl adjacent to an activating group) is 1. The summed E-state index contributed by atoms with van der Waals surface area (Å²) in [5, 5.41) is 2.84. The minimum Gasteiger partial charge on any atom is -0.494 e. The number of carbonyl (C=O) groups excluding carboxylic acids is 2. The predicted octanol–water partition coefficient (Wildman–Crippen LogP) is 1.49. The largest absolute Gasteiger partial charge is 0.494 e. The quantitative estimate of drug-likeness (QED) is 0.730. The summed E-state index contributed by atoms with van der Waals surface area (Å²) in [5.41, 5.74) is 0.600. The van der Waals surface area contributed by atoms with Gasteiger partial charge in [-0.2, -0.15) is 0 Å². The number of ether oxygens (including phenoxy) is 2. The molecule has 24 heavy (non-hydrogen) atoms. The Balaban J connectivity index is 1.69. The van der Waals surface area contributed by atoms with Crippen molar-refractivity contribution in [3.05, 3.63) is 29.8 Å². The van der Waals surface area contributed by atoms with Crippen molar-refractivity contribution in [2.24, 2.45) is 0 Å². The second-order valence-corrected chi connectivity index (χ2v) is 5.94. The van der Waals surface area contributed by atoms with E-state index in [9.17, 15) is 9.59 Å². The third-order valence-electron chi connectivity index (χ3n) is 3.94. The summed E-state index contributed by atoms with van der Waals surface area (Å²) in [6.07, 6.45) is 0.411. The molecular weight excluding hydrogens is 308 g/mol. The second-order valence-electron chi connectivity index (χ2n) is 5.94. The molecule has 0 bridgehead atoms. The number of amides is 1. The summed E-state index contributed by atoms with van der Waals surface area (Å²) in [6, 6.07) is 7.01. The second kappa shape index (κ2) is 9.39. The maximum atomic E-state index is 12.1. The van der Waals surface area contributed by atoms with Gasteiger partial charge in [-0.1, -0.05) is 0 Å². The fraction of sp³-hybridized carbons (Fsp3) is 0.556. The maximum Gasteiger partial charge on any atom is 0.220 e. The summed E-state index contributed by atoms with van der Waals surface area (Å²) in [7, 11) is 2.03. The molecule has 0 unspecified atom stereocenters. The van der Waals surface area contributed by atoms with Crippen LogP contribution in [0.1, 0.15) is 30.1 Å². The molecule has 6 nitrogen and oxygen atoms in total. The van der Waals surface area contributed by atoms with Crippen LogP contribution in [0, 0.1) is 0 Å². The minimum atomic E-state index is -0.119. The molecule has 0 radical (unpaired) electrons. The number of carbonyl (C=O) groups is 2. The molecule has 1 N–H and O–H groups in total. The lowest BCUT2D eigenvalue weighted by atomic mass is 10.1. The lowest BCUT2D eigenvalue weighted by Gasteiger charge is -2.30. The van der Waals surface area contributed by atoms with E-state index >= 15 is 0 Å². The van der Waals surface area contributed by atoms with Crippen LogP contribution in [0.15, 0.2) is 24.3 Å². The van der Waals surface area contributed by atoms with Crippen LogP contribution in [0.2, 0.25) is 0 Å². The number of benzene rings is 1. The molecule has 1 atom stereocenters. The Hall–Kier alpha value is -1.92. The first kappa shape index (κ1) is 18.4. The molecule has 1 aromatic carbocycles. The summed E-state index contributed by atoms with van der Waals surface area (Å²) in [5.74, 6) is 0.581. The van der Waals surface area contributed by atoms with Crippen molar-refractivity contribution in [1.82, 2.24) is 10.2 Å². The molecule has 1 aliphatic heterocycles. The number of nitrogens with zero attached hydrogens (tertiary/aromatic N) is 1. The van der Waals surface area contributed by atoms with Gasteiger partial charge in [0, 0.05) is 38.0 Å². The fourth-order valence-electron chi connectivity index (χ4n) is 2.58. The minimum absolute atomic E-state index is 0.0227. The topological polar surface area (TPSA) is 67.9 Å². The zero-order valence-corrected chi connectivity index (χ0v) is 14.4. The number of ketones is 1. The Bertz CT molecular complexity index is 544. The molecule has 1 heterocycles. The van der Waals surface area contributed by atoms with Crippen molar-refractivity contribution < 1.29 is 19.1 Å². The molecular formula is C18H26N2O4. The maximum absolute atomic E-state index is 12.1. The molecule has 6 heteroatoms. The Morgan fingerprint density at radius 3 is 2.71 bits per heavy atom. The third-order valence-corrected chi connectivity index (χ3v) is 3.94. The number of Topliss-reactive ketones (excluding diaryl/α,β-unsaturated/α-hetero) is 1. The highest BCUT2D eigenvalue weighted by Gasteiger charge is 2.18. The van der Waals surface area contributed by atoms with Gasteiger partial charge >= 0.3 is 0 Å². The molecule has 0 aliphatic carbocycles. The van der Waals surface area contributed by atoms with Gasteiger partial charge in [0.2, 0.25) is 5.91 Å². The number of nitrogens with one attached hydrogen (secondary N) is 1. The summed E-state index contributed by atoms with van der Waals surface area (Å²) in [4.78, 5) is 26.2. The molecule has 1 aromatic rings. The van der Waals surface area contributed by atoms with Gasteiger partial charge < -0.3 is 19.7 Å². The Morgan fingerprint density at radius 2 is 2.04 bits per heavy atom. The smallest absolute Gasteiger partial charge is 0.220 e. The van der Waals surface area contributed by atoms with Gasteiger partial charge in [-0.15, -0.1) is 0 Å². The van der Waals surface area contributed by atoms with E-state index in [1.54, 1.807) is 24.3 Å². The normalized spacial score (nSPS) is 18.2. The number of hydrogen-bond donors (Lipinski definition) is 1. The Morgan fingerprint density at radius 1 is 1.29 bits per heavy atom. The van der Waals surface area contributed by atoms with Gasteiger partial charge in [0.05, 0.1) is 19.3 Å². The molecule has 132 valence electrons. The summed E-state index contributed by atoms with van der Waals surface area (Å²) in [6.45, 7) is 5.40. The van der Waals surface area contributed by atoms with Crippen LogP contribution in [-0.2, 0) is 9.53 Å². The van der Waals surface area contributed by atoms with Crippen molar-refractivity contribution in [2.45, 2.75) is 25.9 Å². The molecule has 1 amide bonds. The van der Waals surface area contributed by atoms with Gasteiger partial charge in [0.1, 0.15) is 5.75 Å². The molecule has 1 fully saturated rings. The van der Waals surface area contributed by atoms with E-state index in [-0.39, 0.29) is 30.6 Å². The van der Waals surface area contributed by atoms with E-state index in [1.165, 1.54) is 0 Å². The van der Waals surface area contributed by atoms with Gasteiger partial charge in [0.15, 0.2) is 5.78 Å². The number of rotatable bonds is 8. The lowest BCUT2D eigenvalue weighted by Crippen LogP contribution is -2.45. The highest BCUT2D eigenvalue weighted by Crippen LogP contribution is 2.14. The van der Waals surface area contributed by atoms with Crippen LogP contribution in [-0.4, -0.2) is 62.6 Å². The predicted molar refractivity (Wildman–Crippen MR) is 91.4 cm³/mol. The molecule has 0 aromatic heterocycles. The van der Waals surface area contributed by atoms with Crippen molar-refractivity contribution in [3.8, 4) is 5.75 Å². The SMILES string of the molecule is CCOc1ccc(C(=O)CCC(=O)NC[C@H]2CN(C)CCO2)cc1. The van der Waals surface area contributed by atoms with Crippen LogP contribution in [0.4, 0.5) is 0 Å². The lowest BCUT2D eigenvalue weighted by molar-refractivity contribution is -0.122. The first-order valence-electron chi connectivity index (χ1n) is 8.41. The van der Waals surface area contributed by atoms with E-state index in [2.05, 4.69) is 10.2 Å². The van der Waals surface area contributed by atoms with Crippen LogP contribution in [0.25, 0.3) is 0 Å². The third kappa shape index (κ3) is 5.94. The first-order chi connectivity index (χ1) is 11.6. The highest BCUT2D eigenvalue weighted by atomic mass is 16.5. The van der Waals surface area contributed by atoms with Gasteiger partial charge in [0.25, 0.3) is 0 Å². The zero-order chi connectivity index (χ0) is 17.4. The Kier molecular flexibility index (Phi) is 7.21. The van der Waals surface area contributed by atoms with Crippen LogP contribution in [0.5, 0.6) is 5.75 Å². The van der Waals surface area contributed by atoms with Crippen molar-refractivity contribution >= 4 is 11.7 Å². The highest BCUT2D eigenvalue weighted by molar-refractivity contribution is 5.98. The summed E-state index contributed by atoms with van der Waals surface area (Å²) >= 11 is 0. The van der Waals surface area contributed by atoms with Crippen molar-refractivity contribution in [2.75, 3.05) is 39.9 Å². The van der Waals surface area contributed by atoms with E-state index in [4.69, 9.17) is 9.47 Å². The van der Waals surface area contributed by atoms with Crippen LogP contribution < -0.4 is 10.1 Å². The van der Waals surface area contributed by atoms with Gasteiger partial charge in [-0.3, -0.25) is 9.59 Å². The molecule has 1 saturated heterocycles. The fourth-order valence-corrected chi connectivity index (χ4v) is 2.58. The van der Waals surface area contributed by atoms with E-state index in [0.717, 1.165) is 18.8 Å². The molecule has 0 spiro atoms. The van der Waals surface area contributed by atoms with Crippen LogP contribution >= 0.6 is 0 Å². The average molecular weight is 334 g/mol. The zero-order valence-electron chi connectivity index (χ0n) is 14.4. The molecule has 0 saturated carbocycles. The Labute approximate surface area is 143 Å². The van der Waals surface area contributed by atoms with Crippen LogP contribution in [0.3, 0.4) is 0 Å². The summed E-state index contributed by atoms with van der Waals surface area (Å²) < 4.78 is 10.9. The first-order valence-corrected chi connectivity index (χ1v) is 8.41. The van der Waals surface area contributed by atoms with Gasteiger partial charge in [-0.25, -0.2) is 0 Å².